The van der Waals surface area contributed by atoms with Gasteiger partial charge in [-0.3, -0.25) is 4.79 Å². The van der Waals surface area contributed by atoms with E-state index in [9.17, 15) is 9.90 Å². The lowest BCUT2D eigenvalue weighted by Gasteiger charge is -2.48. The summed E-state index contributed by atoms with van der Waals surface area (Å²) in [6, 6.07) is 8.65. The van der Waals surface area contributed by atoms with Gasteiger partial charge in [0.1, 0.15) is 0 Å². The maximum Gasteiger partial charge on any atom is 0.234 e. The number of amides is 1. The summed E-state index contributed by atoms with van der Waals surface area (Å²) in [5.41, 5.74) is 8.43. The summed E-state index contributed by atoms with van der Waals surface area (Å²) in [6.45, 7) is 2.09. The fourth-order valence-electron chi connectivity index (χ4n) is 4.79. The summed E-state index contributed by atoms with van der Waals surface area (Å²) < 4.78 is 0. The maximum atomic E-state index is 12.4. The third-order valence-electron chi connectivity index (χ3n) is 6.16. The van der Waals surface area contributed by atoms with E-state index in [1.54, 1.807) is 11.8 Å². The number of thioether (sulfide) groups is 1. The lowest BCUT2D eigenvalue weighted by molar-refractivity contribution is -0.126. The van der Waals surface area contributed by atoms with Crippen molar-refractivity contribution in [1.29, 1.82) is 0 Å². The number of piperidine rings is 1. The average molecular weight is 359 g/mol. The Morgan fingerprint density at radius 1 is 1.32 bits per heavy atom. The van der Waals surface area contributed by atoms with Gasteiger partial charge in [-0.15, -0.1) is 11.8 Å². The second-order valence-corrected chi connectivity index (χ2v) is 8.56. The Morgan fingerprint density at radius 2 is 2.08 bits per heavy atom. The number of carbonyl (C=O) groups is 1. The van der Waals surface area contributed by atoms with Crippen LogP contribution in [-0.4, -0.2) is 28.4 Å². The van der Waals surface area contributed by atoms with Crippen LogP contribution < -0.4 is 11.1 Å². The highest BCUT2D eigenvalue weighted by atomic mass is 32.2. The molecule has 4 rings (SSSR count). The van der Waals surface area contributed by atoms with Crippen LogP contribution >= 0.6 is 11.8 Å². The van der Waals surface area contributed by atoms with E-state index < -0.39 is 0 Å². The predicted octanol–water partition coefficient (Wildman–Crippen LogP) is 2.69. The molecule has 2 aliphatic heterocycles. The molecule has 6 unspecified atom stereocenters. The van der Waals surface area contributed by atoms with E-state index in [0.717, 1.165) is 30.4 Å². The van der Waals surface area contributed by atoms with E-state index in [4.69, 9.17) is 5.73 Å². The molecule has 4 N–H and O–H groups in total. The normalized spacial score (nSPS) is 38.0. The first-order chi connectivity index (χ1) is 12.1. The minimum atomic E-state index is -0.360. The largest absolute Gasteiger partial charge is 0.392 e. The number of rotatable bonds is 3. The molecule has 5 heteroatoms. The van der Waals surface area contributed by atoms with Gasteiger partial charge >= 0.3 is 0 Å². The number of carbonyl (C=O) groups excluding carboxylic acids is 1. The SMILES string of the molecule is CC[C@H](N)c1ccc(C2C(O)CCC3NC(=O)C4SC=CC4C32)cc1. The second-order valence-electron chi connectivity index (χ2n) is 7.51. The van der Waals surface area contributed by atoms with Gasteiger partial charge in [0, 0.05) is 23.9 Å². The van der Waals surface area contributed by atoms with Crippen molar-refractivity contribution in [3.63, 3.8) is 0 Å². The van der Waals surface area contributed by atoms with Gasteiger partial charge < -0.3 is 16.2 Å². The molecule has 1 saturated carbocycles. The van der Waals surface area contributed by atoms with E-state index in [1.165, 1.54) is 0 Å². The van der Waals surface area contributed by atoms with Gasteiger partial charge in [0.05, 0.1) is 11.4 Å². The van der Waals surface area contributed by atoms with Crippen molar-refractivity contribution >= 4 is 17.7 Å². The molecule has 4 nitrogen and oxygen atoms in total. The highest BCUT2D eigenvalue weighted by molar-refractivity contribution is 8.03. The highest BCUT2D eigenvalue weighted by Gasteiger charge is 2.51. The van der Waals surface area contributed by atoms with E-state index in [0.29, 0.717) is 0 Å². The summed E-state index contributed by atoms with van der Waals surface area (Å²) in [5, 5.41) is 16.0. The molecule has 1 amide bonds. The number of benzene rings is 1. The van der Waals surface area contributed by atoms with Crippen molar-refractivity contribution in [2.75, 3.05) is 0 Å². The monoisotopic (exact) mass is 358 g/mol. The molecule has 1 aliphatic carbocycles. The Morgan fingerprint density at radius 3 is 2.80 bits per heavy atom. The molecule has 2 fully saturated rings. The van der Waals surface area contributed by atoms with Crippen LogP contribution in [0.1, 0.15) is 49.3 Å². The number of fused-ring (bicyclic) bond motifs is 3. The molecule has 2 heterocycles. The predicted molar refractivity (Wildman–Crippen MR) is 101 cm³/mol. The van der Waals surface area contributed by atoms with Gasteiger partial charge in [-0.25, -0.2) is 0 Å². The summed E-state index contributed by atoms with van der Waals surface area (Å²) in [7, 11) is 0. The first-order valence-corrected chi connectivity index (χ1v) is 10.2. The third kappa shape index (κ3) is 2.92. The number of nitrogens with two attached hydrogens (primary N) is 1. The topological polar surface area (TPSA) is 75.3 Å². The number of hydrogen-bond donors (Lipinski definition) is 3. The lowest BCUT2D eigenvalue weighted by atomic mass is 9.63. The molecular weight excluding hydrogens is 332 g/mol. The first-order valence-electron chi connectivity index (χ1n) is 9.26. The van der Waals surface area contributed by atoms with Crippen molar-refractivity contribution in [1.82, 2.24) is 5.32 Å². The van der Waals surface area contributed by atoms with Crippen molar-refractivity contribution in [3.8, 4) is 0 Å². The van der Waals surface area contributed by atoms with Crippen LogP contribution in [0.5, 0.6) is 0 Å². The number of allylic oxidation sites excluding steroid dienone is 1. The molecule has 134 valence electrons. The average Bonchev–Trinajstić information content (AvgIpc) is 3.12. The summed E-state index contributed by atoms with van der Waals surface area (Å²) in [5.74, 6) is 0.674. The molecule has 0 spiro atoms. The van der Waals surface area contributed by atoms with Crippen molar-refractivity contribution in [2.24, 2.45) is 17.6 Å². The van der Waals surface area contributed by atoms with Crippen LogP contribution in [0.2, 0.25) is 0 Å². The Kier molecular flexibility index (Phi) is 4.65. The molecule has 7 atom stereocenters. The van der Waals surface area contributed by atoms with Gasteiger partial charge in [0.15, 0.2) is 0 Å². The van der Waals surface area contributed by atoms with Crippen LogP contribution in [-0.2, 0) is 4.79 Å². The number of aliphatic hydroxyl groups excluding tert-OH is 1. The smallest absolute Gasteiger partial charge is 0.234 e. The van der Waals surface area contributed by atoms with Gasteiger partial charge in [-0.2, -0.15) is 0 Å². The van der Waals surface area contributed by atoms with E-state index in [-0.39, 0.29) is 47.1 Å². The summed E-state index contributed by atoms with van der Waals surface area (Å²) in [6.07, 6.45) is 4.32. The fraction of sp³-hybridized carbons (Fsp3) is 0.550. The molecule has 0 aromatic heterocycles. The zero-order chi connectivity index (χ0) is 17.6. The van der Waals surface area contributed by atoms with Crippen molar-refractivity contribution in [3.05, 3.63) is 46.9 Å². The minimum Gasteiger partial charge on any atom is -0.392 e. The van der Waals surface area contributed by atoms with E-state index in [1.807, 2.05) is 0 Å². The third-order valence-corrected chi connectivity index (χ3v) is 7.30. The van der Waals surface area contributed by atoms with Gasteiger partial charge in [-0.05, 0) is 41.7 Å². The maximum absolute atomic E-state index is 12.4. The van der Waals surface area contributed by atoms with Crippen LogP contribution in [0, 0.1) is 11.8 Å². The quantitative estimate of drug-likeness (QED) is 0.777. The van der Waals surface area contributed by atoms with Crippen LogP contribution in [0.15, 0.2) is 35.7 Å². The Labute approximate surface area is 153 Å². The van der Waals surface area contributed by atoms with E-state index >= 15 is 0 Å². The van der Waals surface area contributed by atoms with Crippen LogP contribution in [0.4, 0.5) is 0 Å². The second kappa shape index (κ2) is 6.78. The van der Waals surface area contributed by atoms with Gasteiger partial charge in [-0.1, -0.05) is 37.3 Å². The standard InChI is InChI=1S/C20H26N2O2S/c1-2-14(21)11-3-5-12(6-4-11)17-16(23)8-7-15-18(17)13-9-10-25-19(13)20(24)22-15/h3-6,9-10,13-19,23H,2,7-8,21H2,1H3,(H,22,24)/t13?,14-,15?,16?,17?,18?,19?/m0/s1. The molecular formula is C20H26N2O2S. The Balaban J connectivity index is 1.66. The summed E-state index contributed by atoms with van der Waals surface area (Å²) in [4.78, 5) is 12.4. The van der Waals surface area contributed by atoms with Gasteiger partial charge in [0.25, 0.3) is 0 Å². The number of hydrogen-bond acceptors (Lipinski definition) is 4. The Hall–Kier alpha value is -1.30. The molecule has 1 aromatic rings. The molecule has 25 heavy (non-hydrogen) atoms. The molecule has 0 bridgehead atoms. The van der Waals surface area contributed by atoms with Crippen LogP contribution in [0.25, 0.3) is 0 Å². The number of aliphatic hydroxyl groups is 1. The van der Waals surface area contributed by atoms with Crippen molar-refractivity contribution in [2.45, 2.75) is 55.5 Å². The molecule has 0 radical (unpaired) electrons. The van der Waals surface area contributed by atoms with E-state index in [2.05, 4.69) is 48.0 Å². The summed E-state index contributed by atoms with van der Waals surface area (Å²) >= 11 is 1.61. The Bertz CT molecular complexity index is 675. The van der Waals surface area contributed by atoms with Gasteiger partial charge in [0.2, 0.25) is 5.91 Å². The highest BCUT2D eigenvalue weighted by Crippen LogP contribution is 2.50. The van der Waals surface area contributed by atoms with Crippen molar-refractivity contribution < 1.29 is 9.90 Å². The first kappa shape index (κ1) is 17.1. The zero-order valence-corrected chi connectivity index (χ0v) is 15.3. The number of nitrogens with one attached hydrogen (secondary N) is 1. The minimum absolute atomic E-state index is 0.0400. The zero-order valence-electron chi connectivity index (χ0n) is 14.5. The molecule has 3 aliphatic rings. The van der Waals surface area contributed by atoms with Crippen LogP contribution in [0.3, 0.4) is 0 Å². The lowest BCUT2D eigenvalue weighted by Crippen LogP contribution is -2.59. The molecule has 1 saturated heterocycles. The molecule has 1 aromatic carbocycles. The fourth-order valence-corrected chi connectivity index (χ4v) is 5.88.